The molecule has 0 atom stereocenters. The number of fused-ring (bicyclic) bond motifs is 8. The van der Waals surface area contributed by atoms with Crippen molar-refractivity contribution >= 4 is 38.9 Å². The molecule has 0 N–H and O–H groups in total. The van der Waals surface area contributed by atoms with Crippen molar-refractivity contribution in [3.8, 4) is 39.4 Å². The molecule has 1 aromatic heterocycles. The first-order valence-corrected chi connectivity index (χ1v) is 19.9. The van der Waals surface area contributed by atoms with E-state index in [1.165, 1.54) is 55.2 Å². The average molecular weight is 741 g/mol. The molecular weight excluding hydrogens is 705 g/mol. The fraction of sp³-hybridized carbons (Fsp3) is 0.0182. The molecule has 2 aliphatic rings. The minimum absolute atomic E-state index is 0.441. The number of hydrogen-bond acceptors (Lipinski definition) is 2. The Balaban J connectivity index is 0.991. The maximum atomic E-state index is 6.42. The highest BCUT2D eigenvalue weighted by atomic mass is 16.5. The van der Waals surface area contributed by atoms with Crippen LogP contribution in [0.4, 0.5) is 17.1 Å². The van der Waals surface area contributed by atoms with E-state index in [-0.39, 0.29) is 0 Å². The predicted molar refractivity (Wildman–Crippen MR) is 238 cm³/mol. The molecule has 9 aromatic carbocycles. The van der Waals surface area contributed by atoms with E-state index in [0.717, 1.165) is 45.3 Å². The summed E-state index contributed by atoms with van der Waals surface area (Å²) in [6.45, 7) is 0. The van der Waals surface area contributed by atoms with E-state index in [4.69, 9.17) is 4.74 Å². The fourth-order valence-electron chi connectivity index (χ4n) is 9.87. The van der Waals surface area contributed by atoms with Crippen molar-refractivity contribution in [3.05, 3.63) is 241 Å². The van der Waals surface area contributed by atoms with E-state index < -0.39 is 5.41 Å². The summed E-state index contributed by atoms with van der Waals surface area (Å²) in [6.07, 6.45) is 0. The van der Waals surface area contributed by atoms with Crippen molar-refractivity contribution in [3.63, 3.8) is 0 Å². The summed E-state index contributed by atoms with van der Waals surface area (Å²) in [5, 5.41) is 2.41. The van der Waals surface area contributed by atoms with Crippen LogP contribution in [-0.4, -0.2) is 4.57 Å². The molecule has 1 aliphatic heterocycles. The molecule has 2 heterocycles. The molecule has 58 heavy (non-hydrogen) atoms. The third kappa shape index (κ3) is 4.62. The molecular formula is C55H36N2O. The van der Waals surface area contributed by atoms with Gasteiger partial charge in [0.1, 0.15) is 0 Å². The first kappa shape index (κ1) is 32.6. The molecule has 0 saturated carbocycles. The van der Waals surface area contributed by atoms with Gasteiger partial charge in [-0.3, -0.25) is 0 Å². The van der Waals surface area contributed by atoms with Crippen molar-refractivity contribution in [2.75, 3.05) is 4.90 Å². The smallest absolute Gasteiger partial charge is 0.152 e. The van der Waals surface area contributed by atoms with Crippen molar-refractivity contribution in [2.24, 2.45) is 0 Å². The lowest BCUT2D eigenvalue weighted by Crippen LogP contribution is -2.28. The van der Waals surface area contributed by atoms with Gasteiger partial charge in [-0.05, 0) is 93.5 Å². The van der Waals surface area contributed by atoms with Gasteiger partial charge in [-0.25, -0.2) is 0 Å². The monoisotopic (exact) mass is 740 g/mol. The zero-order chi connectivity index (χ0) is 38.2. The summed E-state index contributed by atoms with van der Waals surface area (Å²) < 4.78 is 8.81. The normalized spacial score (nSPS) is 13.1. The minimum atomic E-state index is -0.441. The Morgan fingerprint density at radius 2 is 0.862 bits per heavy atom. The van der Waals surface area contributed by atoms with Gasteiger partial charge in [-0.15, -0.1) is 0 Å². The maximum absolute atomic E-state index is 6.42. The van der Waals surface area contributed by atoms with Crippen molar-refractivity contribution in [1.29, 1.82) is 0 Å². The lowest BCUT2D eigenvalue weighted by molar-refractivity contribution is 0.476. The van der Waals surface area contributed by atoms with Crippen LogP contribution in [-0.2, 0) is 5.41 Å². The molecule has 12 rings (SSSR count). The van der Waals surface area contributed by atoms with Crippen LogP contribution in [0.3, 0.4) is 0 Å². The Morgan fingerprint density at radius 1 is 0.362 bits per heavy atom. The first-order chi connectivity index (χ1) is 28.8. The van der Waals surface area contributed by atoms with Gasteiger partial charge in [0.25, 0.3) is 0 Å². The quantitative estimate of drug-likeness (QED) is 0.169. The fourth-order valence-corrected chi connectivity index (χ4v) is 9.87. The van der Waals surface area contributed by atoms with E-state index in [9.17, 15) is 0 Å². The molecule has 0 spiro atoms. The molecule has 0 amide bonds. The minimum Gasteiger partial charge on any atom is -0.453 e. The highest BCUT2D eigenvalue weighted by Crippen LogP contribution is 2.56. The Hall–Kier alpha value is -7.62. The topological polar surface area (TPSA) is 17.4 Å². The Kier molecular flexibility index (Phi) is 7.14. The molecule has 3 nitrogen and oxygen atoms in total. The standard InChI is InChI=1S/C55H36N2O/c1-3-15-38(16-4-1)55(48-24-9-7-19-44(48)45-20-8-10-25-49(45)55)39-31-35-42(36-32-39)56(40-17-5-2-6-18-40)41-33-29-37(30-34-41)43-21-13-22-46-47-23-14-28-52-54(47)57(53(43)46)50-26-11-12-27-51(50)58-52/h1-36H. The highest BCUT2D eigenvalue weighted by molar-refractivity contribution is 6.16. The summed E-state index contributed by atoms with van der Waals surface area (Å²) in [5.41, 5.74) is 16.3. The summed E-state index contributed by atoms with van der Waals surface area (Å²) in [5.74, 6) is 1.75. The maximum Gasteiger partial charge on any atom is 0.152 e. The molecule has 0 radical (unpaired) electrons. The molecule has 0 bridgehead atoms. The lowest BCUT2D eigenvalue weighted by Gasteiger charge is -2.34. The van der Waals surface area contributed by atoms with Crippen molar-refractivity contribution in [2.45, 2.75) is 5.41 Å². The van der Waals surface area contributed by atoms with E-state index in [1.54, 1.807) is 0 Å². The molecule has 0 fully saturated rings. The van der Waals surface area contributed by atoms with Crippen LogP contribution in [0, 0.1) is 0 Å². The largest absolute Gasteiger partial charge is 0.453 e. The number of benzene rings is 9. The van der Waals surface area contributed by atoms with E-state index in [1.807, 2.05) is 6.07 Å². The van der Waals surface area contributed by atoms with Crippen LogP contribution in [0.1, 0.15) is 22.3 Å². The number of hydrogen-bond donors (Lipinski definition) is 0. The zero-order valence-corrected chi connectivity index (χ0v) is 31.6. The molecule has 3 heteroatoms. The number of aromatic nitrogens is 1. The molecule has 0 unspecified atom stereocenters. The SMILES string of the molecule is c1ccc(N(c2ccc(-c3cccc4c5cccc6c5n(c34)-c3ccccc3O6)cc2)c2ccc(C3(c4ccccc4)c4ccccc4-c4ccccc43)cc2)cc1. The van der Waals surface area contributed by atoms with Crippen LogP contribution in [0.15, 0.2) is 218 Å². The summed E-state index contributed by atoms with van der Waals surface area (Å²) >= 11 is 0. The van der Waals surface area contributed by atoms with Crippen LogP contribution in [0.25, 0.3) is 49.7 Å². The Morgan fingerprint density at radius 3 is 1.57 bits per heavy atom. The Labute approximate surface area is 337 Å². The summed E-state index contributed by atoms with van der Waals surface area (Å²) in [4.78, 5) is 2.36. The second kappa shape index (κ2) is 12.7. The van der Waals surface area contributed by atoms with Gasteiger partial charge in [0.2, 0.25) is 0 Å². The molecule has 0 saturated heterocycles. The van der Waals surface area contributed by atoms with E-state index in [2.05, 4.69) is 222 Å². The predicted octanol–water partition coefficient (Wildman–Crippen LogP) is 14.4. The lowest BCUT2D eigenvalue weighted by atomic mass is 9.68. The molecule has 1 aliphatic carbocycles. The van der Waals surface area contributed by atoms with Crippen LogP contribution in [0.2, 0.25) is 0 Å². The van der Waals surface area contributed by atoms with Gasteiger partial charge in [0, 0.05) is 33.4 Å². The van der Waals surface area contributed by atoms with Gasteiger partial charge in [0.15, 0.2) is 11.5 Å². The zero-order valence-electron chi connectivity index (χ0n) is 31.6. The van der Waals surface area contributed by atoms with Gasteiger partial charge in [-0.2, -0.15) is 0 Å². The van der Waals surface area contributed by atoms with E-state index in [0.29, 0.717) is 0 Å². The van der Waals surface area contributed by atoms with Gasteiger partial charge < -0.3 is 14.2 Å². The van der Waals surface area contributed by atoms with Crippen LogP contribution in [0.5, 0.6) is 11.5 Å². The average Bonchev–Trinajstić information content (AvgIpc) is 3.80. The number of para-hydroxylation sites is 5. The second-order valence-corrected chi connectivity index (χ2v) is 15.2. The number of nitrogens with zero attached hydrogens (tertiary/aromatic N) is 2. The summed E-state index contributed by atoms with van der Waals surface area (Å²) in [7, 11) is 0. The number of rotatable bonds is 6. The summed E-state index contributed by atoms with van der Waals surface area (Å²) in [6, 6.07) is 79.1. The third-order valence-electron chi connectivity index (χ3n) is 12.3. The van der Waals surface area contributed by atoms with Gasteiger partial charge in [0.05, 0.1) is 22.1 Å². The molecule has 10 aromatic rings. The van der Waals surface area contributed by atoms with Gasteiger partial charge >= 0.3 is 0 Å². The van der Waals surface area contributed by atoms with Crippen molar-refractivity contribution in [1.82, 2.24) is 4.57 Å². The first-order valence-electron chi connectivity index (χ1n) is 19.9. The second-order valence-electron chi connectivity index (χ2n) is 15.2. The van der Waals surface area contributed by atoms with Crippen LogP contribution < -0.4 is 9.64 Å². The Bertz CT molecular complexity index is 3140. The molecule has 272 valence electrons. The van der Waals surface area contributed by atoms with Crippen molar-refractivity contribution < 1.29 is 4.74 Å². The number of anilines is 3. The number of ether oxygens (including phenoxy) is 1. The highest BCUT2D eigenvalue weighted by Gasteiger charge is 2.45. The van der Waals surface area contributed by atoms with E-state index >= 15 is 0 Å². The van der Waals surface area contributed by atoms with Gasteiger partial charge in [-0.1, -0.05) is 164 Å². The van der Waals surface area contributed by atoms with Crippen LogP contribution >= 0.6 is 0 Å². The third-order valence-corrected chi connectivity index (χ3v) is 12.3.